The molecular formula is C13H20N2O5S2. The van der Waals surface area contributed by atoms with Crippen LogP contribution in [-0.4, -0.2) is 48.9 Å². The Hall–Kier alpha value is -1.19. The van der Waals surface area contributed by atoms with Gasteiger partial charge in [-0.25, -0.2) is 4.79 Å². The van der Waals surface area contributed by atoms with E-state index in [9.17, 15) is 13.2 Å². The molecule has 2 rings (SSSR count). The van der Waals surface area contributed by atoms with Crippen molar-refractivity contribution < 1.29 is 22.1 Å². The largest absolute Gasteiger partial charge is 0.444 e. The normalized spacial score (nSPS) is 22.8. The number of nitrogens with zero attached hydrogens (tertiary/aromatic N) is 2. The Kier molecular flexibility index (Phi) is 4.78. The number of carbonyl (C=O) groups is 1. The van der Waals surface area contributed by atoms with Gasteiger partial charge in [-0.15, -0.1) is 11.3 Å². The smallest absolute Gasteiger partial charge is 0.410 e. The van der Waals surface area contributed by atoms with Gasteiger partial charge in [-0.2, -0.15) is 8.42 Å². The van der Waals surface area contributed by atoms with E-state index in [1.165, 1.54) is 16.2 Å². The minimum absolute atomic E-state index is 0.171. The van der Waals surface area contributed by atoms with E-state index >= 15 is 0 Å². The standard InChI is InChI=1S/C13H20N2O5S2/c1-13(2,3)19-12(16)15-7-9(20-22(4,17)18)5-10(15)11-6-14-8-21-11/h6,8-10H,5,7H2,1-4H3/t9-,10+/m0/s1. The maximum Gasteiger partial charge on any atom is 0.410 e. The fourth-order valence-corrected chi connectivity index (χ4v) is 3.68. The van der Waals surface area contributed by atoms with Crippen LogP contribution in [0.25, 0.3) is 0 Å². The number of aromatic nitrogens is 1. The van der Waals surface area contributed by atoms with Crippen LogP contribution < -0.4 is 0 Å². The molecule has 22 heavy (non-hydrogen) atoms. The molecule has 1 saturated heterocycles. The summed E-state index contributed by atoms with van der Waals surface area (Å²) < 4.78 is 33.1. The fourth-order valence-electron chi connectivity index (χ4n) is 2.30. The van der Waals surface area contributed by atoms with E-state index in [0.717, 1.165) is 11.1 Å². The van der Waals surface area contributed by atoms with Crippen molar-refractivity contribution in [3.05, 3.63) is 16.6 Å². The molecule has 2 heterocycles. The van der Waals surface area contributed by atoms with Gasteiger partial charge in [0.05, 0.1) is 30.5 Å². The summed E-state index contributed by atoms with van der Waals surface area (Å²) in [5, 5.41) is 0. The topological polar surface area (TPSA) is 85.8 Å². The van der Waals surface area contributed by atoms with E-state index in [1.54, 1.807) is 32.5 Å². The quantitative estimate of drug-likeness (QED) is 0.778. The highest BCUT2D eigenvalue weighted by Crippen LogP contribution is 2.36. The zero-order chi connectivity index (χ0) is 16.5. The van der Waals surface area contributed by atoms with Gasteiger partial charge in [0.1, 0.15) is 5.60 Å². The zero-order valence-electron chi connectivity index (χ0n) is 13.0. The lowest BCUT2D eigenvalue weighted by molar-refractivity contribution is 0.0213. The first-order valence-electron chi connectivity index (χ1n) is 6.81. The maximum absolute atomic E-state index is 12.4. The fraction of sp³-hybridized carbons (Fsp3) is 0.692. The van der Waals surface area contributed by atoms with Gasteiger partial charge in [-0.3, -0.25) is 14.1 Å². The molecule has 1 aromatic rings. The third kappa shape index (κ3) is 4.65. The van der Waals surface area contributed by atoms with Crippen molar-refractivity contribution in [1.29, 1.82) is 0 Å². The SMILES string of the molecule is CC(C)(C)OC(=O)N1C[C@@H](OS(C)(=O)=O)C[C@@H]1c1cncs1. The average molecular weight is 348 g/mol. The van der Waals surface area contributed by atoms with Crippen LogP contribution in [0.4, 0.5) is 4.79 Å². The molecule has 1 amide bonds. The number of thiazole rings is 1. The lowest BCUT2D eigenvalue weighted by Gasteiger charge is -2.27. The molecule has 1 fully saturated rings. The molecule has 1 aromatic heterocycles. The summed E-state index contributed by atoms with van der Waals surface area (Å²) in [5.74, 6) is 0. The van der Waals surface area contributed by atoms with Gasteiger partial charge < -0.3 is 4.74 Å². The first-order chi connectivity index (χ1) is 10.1. The van der Waals surface area contributed by atoms with E-state index in [1.807, 2.05) is 0 Å². The Morgan fingerprint density at radius 2 is 2.14 bits per heavy atom. The number of amides is 1. The summed E-state index contributed by atoms with van der Waals surface area (Å²) in [7, 11) is -3.58. The Morgan fingerprint density at radius 3 is 2.64 bits per heavy atom. The monoisotopic (exact) mass is 348 g/mol. The van der Waals surface area contributed by atoms with Gasteiger partial charge in [-0.1, -0.05) is 0 Å². The molecule has 0 aromatic carbocycles. The van der Waals surface area contributed by atoms with Gasteiger partial charge in [0.15, 0.2) is 0 Å². The number of likely N-dealkylation sites (tertiary alicyclic amines) is 1. The first-order valence-corrected chi connectivity index (χ1v) is 9.51. The van der Waals surface area contributed by atoms with Crippen molar-refractivity contribution in [3.8, 4) is 0 Å². The van der Waals surface area contributed by atoms with Crippen molar-refractivity contribution in [2.45, 2.75) is 44.9 Å². The van der Waals surface area contributed by atoms with Gasteiger partial charge in [0.25, 0.3) is 10.1 Å². The second-order valence-electron chi connectivity index (χ2n) is 6.21. The molecule has 2 atom stereocenters. The van der Waals surface area contributed by atoms with E-state index < -0.39 is 27.9 Å². The van der Waals surface area contributed by atoms with Crippen molar-refractivity contribution in [2.24, 2.45) is 0 Å². The number of hydrogen-bond donors (Lipinski definition) is 0. The minimum atomic E-state index is -3.58. The number of hydrogen-bond acceptors (Lipinski definition) is 7. The zero-order valence-corrected chi connectivity index (χ0v) is 14.6. The molecule has 0 unspecified atom stereocenters. The predicted molar refractivity (Wildman–Crippen MR) is 82.1 cm³/mol. The second-order valence-corrected chi connectivity index (χ2v) is 8.73. The van der Waals surface area contributed by atoms with Crippen molar-refractivity contribution >= 4 is 27.5 Å². The minimum Gasteiger partial charge on any atom is -0.444 e. The molecule has 1 aliphatic rings. The molecule has 7 nitrogen and oxygen atoms in total. The van der Waals surface area contributed by atoms with Crippen LogP contribution in [0.5, 0.6) is 0 Å². The summed E-state index contributed by atoms with van der Waals surface area (Å²) in [4.78, 5) is 18.8. The Labute approximate surface area is 134 Å². The molecule has 0 saturated carbocycles. The van der Waals surface area contributed by atoms with Crippen molar-refractivity contribution in [3.63, 3.8) is 0 Å². The lowest BCUT2D eigenvalue weighted by Crippen LogP contribution is -2.37. The molecule has 0 radical (unpaired) electrons. The van der Waals surface area contributed by atoms with Crippen LogP contribution in [0.1, 0.15) is 38.1 Å². The first kappa shape index (κ1) is 17.2. The highest BCUT2D eigenvalue weighted by atomic mass is 32.2. The summed E-state index contributed by atoms with van der Waals surface area (Å²) in [5.41, 5.74) is 1.05. The molecule has 0 aliphatic carbocycles. The Balaban J connectivity index is 2.18. The summed E-state index contributed by atoms with van der Waals surface area (Å²) >= 11 is 1.41. The molecule has 0 bridgehead atoms. The van der Waals surface area contributed by atoms with Crippen LogP contribution in [0.2, 0.25) is 0 Å². The van der Waals surface area contributed by atoms with Crippen molar-refractivity contribution in [2.75, 3.05) is 12.8 Å². The summed E-state index contributed by atoms with van der Waals surface area (Å²) in [6.07, 6.45) is 2.02. The third-order valence-corrected chi connectivity index (χ3v) is 4.48. The predicted octanol–water partition coefficient (Wildman–Crippen LogP) is 2.17. The van der Waals surface area contributed by atoms with Crippen molar-refractivity contribution in [1.82, 2.24) is 9.88 Å². The van der Waals surface area contributed by atoms with Crippen LogP contribution in [0.3, 0.4) is 0 Å². The Morgan fingerprint density at radius 1 is 1.45 bits per heavy atom. The summed E-state index contributed by atoms with van der Waals surface area (Å²) in [6, 6.07) is -0.283. The highest BCUT2D eigenvalue weighted by molar-refractivity contribution is 7.86. The van der Waals surface area contributed by atoms with E-state index in [0.29, 0.717) is 6.42 Å². The van der Waals surface area contributed by atoms with E-state index in [-0.39, 0.29) is 12.6 Å². The van der Waals surface area contributed by atoms with Gasteiger partial charge in [-0.05, 0) is 20.8 Å². The van der Waals surface area contributed by atoms with Crippen LogP contribution >= 0.6 is 11.3 Å². The average Bonchev–Trinajstić information content (AvgIpc) is 2.91. The van der Waals surface area contributed by atoms with Crippen LogP contribution in [-0.2, 0) is 19.0 Å². The molecule has 0 spiro atoms. The molecular weight excluding hydrogens is 328 g/mol. The highest BCUT2D eigenvalue weighted by Gasteiger charge is 2.40. The number of rotatable bonds is 3. The van der Waals surface area contributed by atoms with Gasteiger partial charge >= 0.3 is 6.09 Å². The van der Waals surface area contributed by atoms with Crippen LogP contribution in [0, 0.1) is 0 Å². The molecule has 124 valence electrons. The lowest BCUT2D eigenvalue weighted by atomic mass is 10.2. The molecule has 9 heteroatoms. The second kappa shape index (κ2) is 6.13. The summed E-state index contributed by atoms with van der Waals surface area (Å²) in [6.45, 7) is 5.53. The van der Waals surface area contributed by atoms with E-state index in [4.69, 9.17) is 8.92 Å². The third-order valence-electron chi connectivity index (χ3n) is 2.98. The molecule has 0 N–H and O–H groups in total. The van der Waals surface area contributed by atoms with Gasteiger partial charge in [0, 0.05) is 17.5 Å². The molecule has 1 aliphatic heterocycles. The number of ether oxygens (including phenoxy) is 1. The van der Waals surface area contributed by atoms with Gasteiger partial charge in [0.2, 0.25) is 0 Å². The van der Waals surface area contributed by atoms with E-state index in [2.05, 4.69) is 4.98 Å². The Bertz CT molecular complexity index is 621. The number of carbonyl (C=O) groups excluding carboxylic acids is 1. The maximum atomic E-state index is 12.4. The van der Waals surface area contributed by atoms with Crippen LogP contribution in [0.15, 0.2) is 11.7 Å².